The second-order valence-electron chi connectivity index (χ2n) is 13.8. The summed E-state index contributed by atoms with van der Waals surface area (Å²) < 4.78 is 4.71. The molecule has 5 heteroatoms. The van der Waals surface area contributed by atoms with E-state index in [1.807, 2.05) is 6.07 Å². The third-order valence-corrected chi connectivity index (χ3v) is 10.7. The molecule has 5 nitrogen and oxygen atoms in total. The Kier molecular flexibility index (Phi) is 7.10. The fourth-order valence-electron chi connectivity index (χ4n) is 8.33. The molecule has 0 aliphatic rings. The minimum atomic E-state index is 0.640. The van der Waals surface area contributed by atoms with Crippen molar-refractivity contribution in [1.29, 1.82) is 0 Å². The van der Waals surface area contributed by atoms with Crippen molar-refractivity contribution < 1.29 is 0 Å². The van der Waals surface area contributed by atoms with Gasteiger partial charge in [0.25, 0.3) is 0 Å². The molecule has 0 saturated heterocycles. The molecule has 0 unspecified atom stereocenters. The molecule has 0 radical (unpaired) electrons. The highest BCUT2D eigenvalue weighted by Gasteiger charge is 2.23. The SMILES string of the molecule is c1ccc(-c2nc(-n3c4ccccc4c4ccc5c6ccccc6n(-c6cccc(N(c7ccccc7)c7ccccc7)c6)c5c43)nc3ccccc23)cc1. The smallest absolute Gasteiger partial charge is 0.235 e. The highest BCUT2D eigenvalue weighted by atomic mass is 15.2. The number of rotatable bonds is 6. The van der Waals surface area contributed by atoms with Crippen LogP contribution in [0.3, 0.4) is 0 Å². The first kappa shape index (κ1) is 31.1. The average molecular weight is 704 g/mol. The van der Waals surface area contributed by atoms with Crippen LogP contribution in [0.1, 0.15) is 0 Å². The maximum Gasteiger partial charge on any atom is 0.235 e. The molecule has 0 saturated carbocycles. The van der Waals surface area contributed by atoms with Crippen LogP contribution in [-0.4, -0.2) is 19.1 Å². The van der Waals surface area contributed by atoms with Gasteiger partial charge in [0.15, 0.2) is 0 Å². The van der Waals surface area contributed by atoms with Crippen molar-refractivity contribution in [1.82, 2.24) is 19.1 Å². The molecule has 3 heterocycles. The predicted octanol–water partition coefficient (Wildman–Crippen LogP) is 13.0. The fraction of sp³-hybridized carbons (Fsp3) is 0. The van der Waals surface area contributed by atoms with Gasteiger partial charge in [-0.25, -0.2) is 9.97 Å². The van der Waals surface area contributed by atoms with Gasteiger partial charge in [-0.15, -0.1) is 0 Å². The summed E-state index contributed by atoms with van der Waals surface area (Å²) in [6.07, 6.45) is 0. The van der Waals surface area contributed by atoms with Gasteiger partial charge in [0.1, 0.15) is 0 Å². The van der Waals surface area contributed by atoms with E-state index in [1.54, 1.807) is 0 Å². The first-order valence-electron chi connectivity index (χ1n) is 18.6. The summed E-state index contributed by atoms with van der Waals surface area (Å²) in [5.41, 5.74) is 11.6. The monoisotopic (exact) mass is 703 g/mol. The van der Waals surface area contributed by atoms with E-state index < -0.39 is 0 Å². The predicted molar refractivity (Wildman–Crippen MR) is 228 cm³/mol. The summed E-state index contributed by atoms with van der Waals surface area (Å²) in [4.78, 5) is 13.0. The van der Waals surface area contributed by atoms with Crippen LogP contribution in [0.2, 0.25) is 0 Å². The van der Waals surface area contributed by atoms with Crippen molar-refractivity contribution in [3.63, 3.8) is 0 Å². The van der Waals surface area contributed by atoms with Gasteiger partial charge in [-0.2, -0.15) is 0 Å². The fourth-order valence-corrected chi connectivity index (χ4v) is 8.33. The largest absolute Gasteiger partial charge is 0.310 e. The highest BCUT2D eigenvalue weighted by molar-refractivity contribution is 6.23. The minimum Gasteiger partial charge on any atom is -0.310 e. The normalized spacial score (nSPS) is 11.6. The molecule has 0 fully saturated rings. The Bertz CT molecular complexity index is 3160. The number of para-hydroxylation sites is 5. The van der Waals surface area contributed by atoms with E-state index in [2.05, 4.69) is 208 Å². The van der Waals surface area contributed by atoms with E-state index in [0.717, 1.165) is 77.7 Å². The zero-order valence-electron chi connectivity index (χ0n) is 29.8. The van der Waals surface area contributed by atoms with Crippen molar-refractivity contribution in [2.75, 3.05) is 4.90 Å². The van der Waals surface area contributed by atoms with Crippen LogP contribution < -0.4 is 4.90 Å². The van der Waals surface area contributed by atoms with E-state index in [1.165, 1.54) is 10.8 Å². The summed E-state index contributed by atoms with van der Waals surface area (Å²) in [5, 5.41) is 5.69. The van der Waals surface area contributed by atoms with Crippen LogP contribution in [0.15, 0.2) is 200 Å². The number of fused-ring (bicyclic) bond motifs is 8. The van der Waals surface area contributed by atoms with Crippen molar-refractivity contribution in [2.24, 2.45) is 0 Å². The molecule has 11 rings (SSSR count). The minimum absolute atomic E-state index is 0.640. The first-order chi connectivity index (χ1) is 27.3. The molecular weight excluding hydrogens is 671 g/mol. The second kappa shape index (κ2) is 12.6. The van der Waals surface area contributed by atoms with Crippen LogP contribution in [0.5, 0.6) is 0 Å². The van der Waals surface area contributed by atoms with E-state index >= 15 is 0 Å². The Morgan fingerprint density at radius 1 is 0.364 bits per heavy atom. The Hall–Kier alpha value is -7.50. The molecular formula is C50H33N5. The van der Waals surface area contributed by atoms with Gasteiger partial charge in [0.2, 0.25) is 5.95 Å². The van der Waals surface area contributed by atoms with Crippen LogP contribution in [0, 0.1) is 0 Å². The Morgan fingerprint density at radius 3 is 1.53 bits per heavy atom. The van der Waals surface area contributed by atoms with Crippen molar-refractivity contribution in [2.45, 2.75) is 0 Å². The maximum absolute atomic E-state index is 5.42. The molecule has 0 amide bonds. The average Bonchev–Trinajstić information content (AvgIpc) is 3.78. The van der Waals surface area contributed by atoms with Crippen LogP contribution in [-0.2, 0) is 0 Å². The number of anilines is 3. The third kappa shape index (κ3) is 4.94. The molecule has 11 aromatic rings. The quantitative estimate of drug-likeness (QED) is 0.173. The number of hydrogen-bond donors (Lipinski definition) is 0. The van der Waals surface area contributed by atoms with Gasteiger partial charge in [-0.3, -0.25) is 4.57 Å². The lowest BCUT2D eigenvalue weighted by molar-refractivity contribution is 1.01. The first-order valence-corrected chi connectivity index (χ1v) is 18.6. The Balaban J connectivity index is 1.25. The number of benzene rings is 8. The van der Waals surface area contributed by atoms with Gasteiger partial charge in [0, 0.05) is 55.2 Å². The van der Waals surface area contributed by atoms with Gasteiger partial charge in [-0.05, 0) is 60.7 Å². The molecule has 8 aromatic carbocycles. The molecule has 3 aromatic heterocycles. The standard InChI is InChI=1S/C50H33N5/c1-4-17-34(18-5-1)47-43-27-10-13-28-44(43)51-50(52-47)55-46-30-15-12-26-40(46)42-32-31-41-39-25-11-14-29-45(39)54(48(41)49(42)55)38-24-16-23-37(33-38)53(35-19-6-2-7-20-35)36-21-8-3-9-22-36/h1-33H. The van der Waals surface area contributed by atoms with E-state index in [-0.39, 0.29) is 0 Å². The molecule has 258 valence electrons. The maximum atomic E-state index is 5.42. The second-order valence-corrected chi connectivity index (χ2v) is 13.8. The van der Waals surface area contributed by atoms with Crippen LogP contribution in [0.25, 0.3) is 77.4 Å². The van der Waals surface area contributed by atoms with Gasteiger partial charge >= 0.3 is 0 Å². The summed E-state index contributed by atoms with van der Waals surface area (Å²) in [5.74, 6) is 0.640. The summed E-state index contributed by atoms with van der Waals surface area (Å²) >= 11 is 0. The topological polar surface area (TPSA) is 38.9 Å². The molecule has 0 spiro atoms. The van der Waals surface area contributed by atoms with Gasteiger partial charge in [0.05, 0.1) is 33.3 Å². The third-order valence-electron chi connectivity index (χ3n) is 10.7. The van der Waals surface area contributed by atoms with E-state index in [9.17, 15) is 0 Å². The lowest BCUT2D eigenvalue weighted by Crippen LogP contribution is -2.10. The molecule has 0 aliphatic carbocycles. The number of nitrogens with zero attached hydrogens (tertiary/aromatic N) is 5. The Labute approximate surface area is 317 Å². The lowest BCUT2D eigenvalue weighted by atomic mass is 10.1. The lowest BCUT2D eigenvalue weighted by Gasteiger charge is -2.26. The summed E-state index contributed by atoms with van der Waals surface area (Å²) in [7, 11) is 0. The van der Waals surface area contributed by atoms with Crippen molar-refractivity contribution >= 4 is 71.6 Å². The van der Waals surface area contributed by atoms with E-state index in [4.69, 9.17) is 9.97 Å². The number of hydrogen-bond acceptors (Lipinski definition) is 3. The Morgan fingerprint density at radius 2 is 0.873 bits per heavy atom. The molecule has 0 bridgehead atoms. The molecule has 0 aliphatic heterocycles. The zero-order valence-corrected chi connectivity index (χ0v) is 29.8. The molecule has 0 N–H and O–H groups in total. The number of aromatic nitrogens is 4. The van der Waals surface area contributed by atoms with Gasteiger partial charge < -0.3 is 9.47 Å². The van der Waals surface area contributed by atoms with Crippen molar-refractivity contribution in [3.05, 3.63) is 200 Å². The molecule has 0 atom stereocenters. The van der Waals surface area contributed by atoms with E-state index in [0.29, 0.717) is 5.95 Å². The summed E-state index contributed by atoms with van der Waals surface area (Å²) in [6.45, 7) is 0. The zero-order chi connectivity index (χ0) is 36.3. The van der Waals surface area contributed by atoms with Crippen molar-refractivity contribution in [3.8, 4) is 22.9 Å². The summed E-state index contributed by atoms with van der Waals surface area (Å²) in [6, 6.07) is 70.7. The highest BCUT2D eigenvalue weighted by Crippen LogP contribution is 2.43. The van der Waals surface area contributed by atoms with Crippen LogP contribution in [0.4, 0.5) is 17.1 Å². The van der Waals surface area contributed by atoms with Gasteiger partial charge in [-0.1, -0.05) is 140 Å². The molecule has 55 heavy (non-hydrogen) atoms. The van der Waals surface area contributed by atoms with Crippen LogP contribution >= 0.6 is 0 Å².